The summed E-state index contributed by atoms with van der Waals surface area (Å²) in [6, 6.07) is 6.89. The predicted octanol–water partition coefficient (Wildman–Crippen LogP) is 3.74. The fraction of sp³-hybridized carbons (Fsp3) is 0.273. The van der Waals surface area contributed by atoms with E-state index in [0.717, 1.165) is 24.4 Å². The number of hydrogen-bond acceptors (Lipinski definition) is 4. The normalized spacial score (nSPS) is 14.7. The van der Waals surface area contributed by atoms with Gasteiger partial charge < -0.3 is 19.3 Å². The second kappa shape index (κ2) is 8.27. The molecule has 0 aliphatic carbocycles. The minimum atomic E-state index is -4.48. The van der Waals surface area contributed by atoms with Crippen LogP contribution in [-0.4, -0.2) is 41.9 Å². The topological polar surface area (TPSA) is 71.8 Å². The van der Waals surface area contributed by atoms with Crippen molar-refractivity contribution in [1.29, 1.82) is 0 Å². The summed E-state index contributed by atoms with van der Waals surface area (Å²) in [5.41, 5.74) is -1.22. The maximum absolute atomic E-state index is 14.8. The van der Waals surface area contributed by atoms with Crippen LogP contribution in [0.2, 0.25) is 0 Å². The number of halogens is 4. The van der Waals surface area contributed by atoms with Crippen molar-refractivity contribution in [2.24, 2.45) is 0 Å². The molecule has 6 nitrogen and oxygen atoms in total. The van der Waals surface area contributed by atoms with E-state index in [-0.39, 0.29) is 23.1 Å². The Labute approximate surface area is 179 Å². The van der Waals surface area contributed by atoms with Gasteiger partial charge in [0.05, 0.1) is 30.0 Å². The van der Waals surface area contributed by atoms with Crippen molar-refractivity contribution in [3.8, 4) is 0 Å². The van der Waals surface area contributed by atoms with Crippen molar-refractivity contribution in [2.45, 2.75) is 12.7 Å². The lowest BCUT2D eigenvalue weighted by atomic mass is 10.1. The van der Waals surface area contributed by atoms with E-state index in [4.69, 9.17) is 4.74 Å². The lowest BCUT2D eigenvalue weighted by Gasteiger charge is -2.29. The molecule has 0 unspecified atom stereocenters. The van der Waals surface area contributed by atoms with Crippen LogP contribution in [-0.2, 0) is 17.5 Å². The van der Waals surface area contributed by atoms with E-state index < -0.39 is 34.5 Å². The first-order chi connectivity index (χ1) is 15.1. The van der Waals surface area contributed by atoms with E-state index in [1.807, 2.05) is 0 Å². The molecule has 10 heteroatoms. The zero-order valence-electron chi connectivity index (χ0n) is 16.7. The fourth-order valence-corrected chi connectivity index (χ4v) is 3.72. The van der Waals surface area contributed by atoms with Gasteiger partial charge in [0.1, 0.15) is 11.4 Å². The smallest absolute Gasteiger partial charge is 0.416 e. The van der Waals surface area contributed by atoms with Crippen molar-refractivity contribution >= 4 is 22.6 Å². The predicted molar refractivity (Wildman–Crippen MR) is 109 cm³/mol. The summed E-state index contributed by atoms with van der Waals surface area (Å²) in [6.45, 7) is 1.70. The Bertz CT molecular complexity index is 1230. The molecule has 0 saturated carbocycles. The molecule has 0 amide bonds. The van der Waals surface area contributed by atoms with Crippen LogP contribution in [0.3, 0.4) is 0 Å². The summed E-state index contributed by atoms with van der Waals surface area (Å²) in [7, 11) is 0. The molecule has 32 heavy (non-hydrogen) atoms. The SMILES string of the molecule is O=C(O)c1cn(Cc2ccc(C(F)(F)F)cc2)c2cc(N3CCOCC3)c(F)cc2c1=O. The Morgan fingerprint density at radius 2 is 1.75 bits per heavy atom. The Morgan fingerprint density at radius 3 is 2.34 bits per heavy atom. The maximum Gasteiger partial charge on any atom is 0.416 e. The van der Waals surface area contributed by atoms with Crippen molar-refractivity contribution < 1.29 is 32.2 Å². The number of alkyl halides is 3. The summed E-state index contributed by atoms with van der Waals surface area (Å²) >= 11 is 0. The summed E-state index contributed by atoms with van der Waals surface area (Å²) in [5.74, 6) is -2.14. The van der Waals surface area contributed by atoms with Crippen LogP contribution in [0.5, 0.6) is 0 Å². The molecule has 1 fully saturated rings. The first-order valence-electron chi connectivity index (χ1n) is 9.74. The molecule has 2 aromatic carbocycles. The van der Waals surface area contributed by atoms with Crippen LogP contribution >= 0.6 is 0 Å². The van der Waals surface area contributed by atoms with Gasteiger partial charge in [0.15, 0.2) is 0 Å². The molecule has 1 aliphatic rings. The highest BCUT2D eigenvalue weighted by Gasteiger charge is 2.30. The second-order valence-corrected chi connectivity index (χ2v) is 7.42. The molecule has 1 aliphatic heterocycles. The van der Waals surface area contributed by atoms with Gasteiger partial charge in [0.25, 0.3) is 0 Å². The lowest BCUT2D eigenvalue weighted by molar-refractivity contribution is -0.137. The number of carboxylic acids is 1. The van der Waals surface area contributed by atoms with Crippen molar-refractivity contribution in [3.05, 3.63) is 75.3 Å². The number of rotatable bonds is 4. The highest BCUT2D eigenvalue weighted by molar-refractivity contribution is 5.93. The maximum atomic E-state index is 14.8. The zero-order chi connectivity index (χ0) is 23.0. The molecule has 1 saturated heterocycles. The number of ether oxygens (including phenoxy) is 1. The molecule has 0 bridgehead atoms. The molecule has 4 rings (SSSR count). The molecule has 0 atom stereocenters. The quantitative estimate of drug-likeness (QED) is 0.614. The summed E-state index contributed by atoms with van der Waals surface area (Å²) < 4.78 is 60.1. The van der Waals surface area contributed by atoms with Crippen molar-refractivity contribution in [1.82, 2.24) is 4.57 Å². The van der Waals surface area contributed by atoms with Crippen molar-refractivity contribution in [2.75, 3.05) is 31.2 Å². The van der Waals surface area contributed by atoms with E-state index in [1.165, 1.54) is 22.8 Å². The Balaban J connectivity index is 1.84. The van der Waals surface area contributed by atoms with Gasteiger partial charge in [-0.15, -0.1) is 0 Å². The highest BCUT2D eigenvalue weighted by Crippen LogP contribution is 2.30. The lowest BCUT2D eigenvalue weighted by Crippen LogP contribution is -2.36. The number of aromatic carboxylic acids is 1. The molecule has 1 aromatic heterocycles. The standard InChI is InChI=1S/C22H18F4N2O4/c23-17-9-15-18(10-19(17)27-5-7-32-8-6-27)28(12-16(20(15)29)21(30)31)11-13-1-3-14(4-2-13)22(24,25)26/h1-4,9-10,12H,5-8,11H2,(H,30,31). The minimum Gasteiger partial charge on any atom is -0.477 e. The molecule has 2 heterocycles. The Morgan fingerprint density at radius 1 is 1.09 bits per heavy atom. The Kier molecular flexibility index (Phi) is 5.64. The zero-order valence-corrected chi connectivity index (χ0v) is 16.7. The van der Waals surface area contributed by atoms with Crippen LogP contribution < -0.4 is 10.3 Å². The molecular weight excluding hydrogens is 432 g/mol. The van der Waals surface area contributed by atoms with Gasteiger partial charge in [-0.05, 0) is 29.8 Å². The molecule has 3 aromatic rings. The second-order valence-electron chi connectivity index (χ2n) is 7.42. The van der Waals surface area contributed by atoms with Gasteiger partial charge in [-0.25, -0.2) is 9.18 Å². The monoisotopic (exact) mass is 450 g/mol. The minimum absolute atomic E-state index is 0.0105. The fourth-order valence-electron chi connectivity index (χ4n) is 3.72. The van der Waals surface area contributed by atoms with Gasteiger partial charge >= 0.3 is 12.1 Å². The highest BCUT2D eigenvalue weighted by atomic mass is 19.4. The molecule has 0 radical (unpaired) electrons. The largest absolute Gasteiger partial charge is 0.477 e. The van der Waals surface area contributed by atoms with Crippen LogP contribution in [0.1, 0.15) is 21.5 Å². The number of hydrogen-bond donors (Lipinski definition) is 1. The van der Waals surface area contributed by atoms with Crippen LogP contribution in [0.15, 0.2) is 47.4 Å². The van der Waals surface area contributed by atoms with Gasteiger partial charge in [-0.3, -0.25) is 4.79 Å². The number of carbonyl (C=O) groups is 1. The summed E-state index contributed by atoms with van der Waals surface area (Å²) in [6.07, 6.45) is -3.35. The van der Waals surface area contributed by atoms with E-state index in [9.17, 15) is 32.3 Å². The van der Waals surface area contributed by atoms with E-state index in [2.05, 4.69) is 0 Å². The van der Waals surface area contributed by atoms with E-state index in [0.29, 0.717) is 31.9 Å². The average molecular weight is 450 g/mol. The number of benzene rings is 2. The Hall–Kier alpha value is -3.40. The number of carboxylic acid groups (broad SMARTS) is 1. The average Bonchev–Trinajstić information content (AvgIpc) is 2.75. The number of pyridine rings is 1. The summed E-state index contributed by atoms with van der Waals surface area (Å²) in [4.78, 5) is 26.0. The number of aromatic nitrogens is 1. The summed E-state index contributed by atoms with van der Waals surface area (Å²) in [5, 5.41) is 9.30. The molecular formula is C22H18F4N2O4. The first kappa shape index (κ1) is 21.8. The third-order valence-electron chi connectivity index (χ3n) is 5.37. The number of fused-ring (bicyclic) bond motifs is 1. The van der Waals surface area contributed by atoms with Gasteiger partial charge in [-0.2, -0.15) is 13.2 Å². The van der Waals surface area contributed by atoms with E-state index >= 15 is 0 Å². The van der Waals surface area contributed by atoms with Gasteiger partial charge in [0, 0.05) is 31.2 Å². The van der Waals surface area contributed by atoms with Crippen LogP contribution in [0, 0.1) is 5.82 Å². The number of morpholine rings is 1. The third kappa shape index (κ3) is 4.18. The van der Waals surface area contributed by atoms with Gasteiger partial charge in [0.2, 0.25) is 5.43 Å². The third-order valence-corrected chi connectivity index (χ3v) is 5.37. The number of anilines is 1. The molecule has 168 valence electrons. The van der Waals surface area contributed by atoms with Gasteiger partial charge in [-0.1, -0.05) is 12.1 Å². The molecule has 1 N–H and O–H groups in total. The van der Waals surface area contributed by atoms with Crippen LogP contribution in [0.25, 0.3) is 10.9 Å². The van der Waals surface area contributed by atoms with Crippen molar-refractivity contribution in [3.63, 3.8) is 0 Å². The number of nitrogens with zero attached hydrogens (tertiary/aromatic N) is 2. The first-order valence-corrected chi connectivity index (χ1v) is 9.74. The van der Waals surface area contributed by atoms with Crippen LogP contribution in [0.4, 0.5) is 23.2 Å². The van der Waals surface area contributed by atoms with E-state index in [1.54, 1.807) is 4.90 Å². The molecule has 0 spiro atoms.